The summed E-state index contributed by atoms with van der Waals surface area (Å²) in [5, 5.41) is 4.64. The lowest BCUT2D eigenvalue weighted by atomic mass is 10.0. The molecule has 0 spiro atoms. The molecule has 1 aliphatic heterocycles. The van der Waals surface area contributed by atoms with Crippen LogP contribution in [0.3, 0.4) is 0 Å². The highest BCUT2D eigenvalue weighted by molar-refractivity contribution is 5.78. The quantitative estimate of drug-likeness (QED) is 0.913. The second kappa shape index (κ2) is 5.68. The van der Waals surface area contributed by atoms with Crippen LogP contribution >= 0.6 is 0 Å². The van der Waals surface area contributed by atoms with Crippen LogP contribution in [0.25, 0.3) is 10.9 Å². The average Bonchev–Trinajstić information content (AvgIpc) is 2.47. The summed E-state index contributed by atoms with van der Waals surface area (Å²) in [5.41, 5.74) is 2.47. The zero-order valence-corrected chi connectivity index (χ0v) is 11.5. The molecule has 19 heavy (non-hydrogen) atoms. The molecule has 0 bridgehead atoms. The highest BCUT2D eigenvalue weighted by Gasteiger charge is 2.18. The molecule has 3 rings (SSSR count). The zero-order chi connectivity index (χ0) is 13.1. The van der Waals surface area contributed by atoms with Crippen molar-refractivity contribution in [2.45, 2.75) is 25.4 Å². The van der Waals surface area contributed by atoms with Gasteiger partial charge in [0.15, 0.2) is 0 Å². The third-order valence-corrected chi connectivity index (χ3v) is 3.99. The highest BCUT2D eigenvalue weighted by atomic mass is 15.2. The summed E-state index contributed by atoms with van der Waals surface area (Å²) in [5.74, 6) is 0. The van der Waals surface area contributed by atoms with E-state index in [1.54, 1.807) is 0 Å². The van der Waals surface area contributed by atoms with E-state index in [4.69, 9.17) is 0 Å². The van der Waals surface area contributed by atoms with Crippen molar-refractivity contribution in [1.29, 1.82) is 0 Å². The lowest BCUT2D eigenvalue weighted by Gasteiger charge is -2.32. The third kappa shape index (κ3) is 2.94. The molecular formula is C16H21N3. The van der Waals surface area contributed by atoms with Gasteiger partial charge in [-0.3, -0.25) is 9.88 Å². The number of pyridine rings is 1. The fourth-order valence-corrected chi connectivity index (χ4v) is 2.92. The van der Waals surface area contributed by atoms with Crippen molar-refractivity contribution in [2.75, 3.05) is 20.1 Å². The minimum Gasteiger partial charge on any atom is -0.316 e. The maximum Gasteiger partial charge on any atom is 0.0702 e. The van der Waals surface area contributed by atoms with Gasteiger partial charge in [-0.25, -0.2) is 0 Å². The molecule has 2 heterocycles. The first-order chi connectivity index (χ1) is 9.35. The Morgan fingerprint density at radius 1 is 1.37 bits per heavy atom. The van der Waals surface area contributed by atoms with Crippen LogP contribution in [0.4, 0.5) is 0 Å². The van der Waals surface area contributed by atoms with Crippen LogP contribution in [0.5, 0.6) is 0 Å². The summed E-state index contributed by atoms with van der Waals surface area (Å²) < 4.78 is 0. The molecule has 0 amide bonds. The molecule has 1 aliphatic rings. The molecule has 2 aromatic rings. The van der Waals surface area contributed by atoms with Gasteiger partial charge < -0.3 is 5.32 Å². The molecule has 100 valence electrons. The average molecular weight is 255 g/mol. The number of hydrogen-bond acceptors (Lipinski definition) is 3. The lowest BCUT2D eigenvalue weighted by molar-refractivity contribution is 0.188. The van der Waals surface area contributed by atoms with Gasteiger partial charge >= 0.3 is 0 Å². The SMILES string of the molecule is CNC1CCCN(Cc2ccc3ncccc3c2)C1. The van der Waals surface area contributed by atoms with Gasteiger partial charge in [0.05, 0.1) is 5.52 Å². The number of hydrogen-bond donors (Lipinski definition) is 1. The fourth-order valence-electron chi connectivity index (χ4n) is 2.92. The molecule has 1 saturated heterocycles. The topological polar surface area (TPSA) is 28.2 Å². The van der Waals surface area contributed by atoms with Crippen molar-refractivity contribution in [3.8, 4) is 0 Å². The second-order valence-electron chi connectivity index (χ2n) is 5.39. The van der Waals surface area contributed by atoms with Crippen LogP contribution < -0.4 is 5.32 Å². The van der Waals surface area contributed by atoms with E-state index < -0.39 is 0 Å². The zero-order valence-electron chi connectivity index (χ0n) is 11.5. The molecule has 3 nitrogen and oxygen atoms in total. The Bertz CT molecular complexity index is 552. The van der Waals surface area contributed by atoms with Gasteiger partial charge in [-0.2, -0.15) is 0 Å². The number of likely N-dealkylation sites (N-methyl/N-ethyl adjacent to an activating group) is 1. The molecule has 1 atom stereocenters. The van der Waals surface area contributed by atoms with Crippen LogP contribution in [0.2, 0.25) is 0 Å². The summed E-state index contributed by atoms with van der Waals surface area (Å²) in [6.45, 7) is 3.41. The van der Waals surface area contributed by atoms with E-state index in [1.807, 2.05) is 12.3 Å². The van der Waals surface area contributed by atoms with Crippen LogP contribution in [0.15, 0.2) is 36.5 Å². The third-order valence-electron chi connectivity index (χ3n) is 3.99. The molecule has 1 aromatic heterocycles. The Labute approximate surface area is 114 Å². The Morgan fingerprint density at radius 2 is 2.32 bits per heavy atom. The monoisotopic (exact) mass is 255 g/mol. The van der Waals surface area contributed by atoms with Gasteiger partial charge in [-0.1, -0.05) is 12.1 Å². The number of rotatable bonds is 3. The summed E-state index contributed by atoms with van der Waals surface area (Å²) in [6.07, 6.45) is 4.44. The fraction of sp³-hybridized carbons (Fsp3) is 0.438. The van der Waals surface area contributed by atoms with Crippen LogP contribution in [0, 0.1) is 0 Å². The lowest BCUT2D eigenvalue weighted by Crippen LogP contribution is -2.43. The van der Waals surface area contributed by atoms with Gasteiger partial charge in [-0.05, 0) is 50.2 Å². The molecule has 1 unspecified atom stereocenters. The predicted molar refractivity (Wildman–Crippen MR) is 79.1 cm³/mol. The number of likely N-dealkylation sites (tertiary alicyclic amines) is 1. The van der Waals surface area contributed by atoms with E-state index in [0.29, 0.717) is 6.04 Å². The largest absolute Gasteiger partial charge is 0.316 e. The molecule has 1 fully saturated rings. The minimum atomic E-state index is 0.649. The Morgan fingerprint density at radius 3 is 3.21 bits per heavy atom. The molecular weight excluding hydrogens is 234 g/mol. The van der Waals surface area contributed by atoms with Crippen LogP contribution in [-0.2, 0) is 6.54 Å². The summed E-state index contributed by atoms with van der Waals surface area (Å²) >= 11 is 0. The van der Waals surface area contributed by atoms with E-state index in [9.17, 15) is 0 Å². The normalized spacial score (nSPS) is 20.8. The number of benzene rings is 1. The van der Waals surface area contributed by atoms with Crippen molar-refractivity contribution in [2.24, 2.45) is 0 Å². The number of fused-ring (bicyclic) bond motifs is 1. The van der Waals surface area contributed by atoms with E-state index >= 15 is 0 Å². The standard InChI is InChI=1S/C16H21N3/c1-17-15-5-3-9-19(12-15)11-13-6-7-16-14(10-13)4-2-8-18-16/h2,4,6-8,10,15,17H,3,5,9,11-12H2,1H3. The molecule has 0 saturated carbocycles. The summed E-state index contributed by atoms with van der Waals surface area (Å²) in [7, 11) is 2.07. The van der Waals surface area contributed by atoms with E-state index in [1.165, 1.54) is 30.3 Å². The van der Waals surface area contributed by atoms with E-state index in [2.05, 4.69) is 46.5 Å². The first-order valence-corrected chi connectivity index (χ1v) is 7.08. The van der Waals surface area contributed by atoms with Crippen molar-refractivity contribution in [3.63, 3.8) is 0 Å². The molecule has 0 aliphatic carbocycles. The van der Waals surface area contributed by atoms with Crippen molar-refractivity contribution in [1.82, 2.24) is 15.2 Å². The maximum atomic E-state index is 4.37. The highest BCUT2D eigenvalue weighted by Crippen LogP contribution is 2.17. The Balaban J connectivity index is 1.74. The predicted octanol–water partition coefficient (Wildman–Crippen LogP) is 2.42. The number of nitrogens with one attached hydrogen (secondary N) is 1. The van der Waals surface area contributed by atoms with Gasteiger partial charge in [0.1, 0.15) is 0 Å². The van der Waals surface area contributed by atoms with Crippen LogP contribution in [-0.4, -0.2) is 36.1 Å². The van der Waals surface area contributed by atoms with Gasteiger partial charge in [-0.15, -0.1) is 0 Å². The minimum absolute atomic E-state index is 0.649. The van der Waals surface area contributed by atoms with Crippen molar-refractivity contribution in [3.05, 3.63) is 42.1 Å². The first kappa shape index (κ1) is 12.6. The number of aromatic nitrogens is 1. The Kier molecular flexibility index (Phi) is 3.76. The van der Waals surface area contributed by atoms with Gasteiger partial charge in [0, 0.05) is 30.7 Å². The Hall–Kier alpha value is -1.45. The smallest absolute Gasteiger partial charge is 0.0702 e. The van der Waals surface area contributed by atoms with Crippen molar-refractivity contribution < 1.29 is 0 Å². The molecule has 1 N–H and O–H groups in total. The number of nitrogens with zero attached hydrogens (tertiary/aromatic N) is 2. The first-order valence-electron chi connectivity index (χ1n) is 7.08. The van der Waals surface area contributed by atoms with E-state index in [-0.39, 0.29) is 0 Å². The van der Waals surface area contributed by atoms with Crippen LogP contribution in [0.1, 0.15) is 18.4 Å². The molecule has 0 radical (unpaired) electrons. The molecule has 3 heteroatoms. The maximum absolute atomic E-state index is 4.37. The molecule has 1 aromatic carbocycles. The number of piperidine rings is 1. The summed E-state index contributed by atoms with van der Waals surface area (Å²) in [6, 6.07) is 11.4. The van der Waals surface area contributed by atoms with E-state index in [0.717, 1.165) is 18.6 Å². The van der Waals surface area contributed by atoms with Gasteiger partial charge in [0.2, 0.25) is 0 Å². The van der Waals surface area contributed by atoms with Crippen molar-refractivity contribution >= 4 is 10.9 Å². The van der Waals surface area contributed by atoms with Gasteiger partial charge in [0.25, 0.3) is 0 Å². The summed E-state index contributed by atoms with van der Waals surface area (Å²) in [4.78, 5) is 6.91. The second-order valence-corrected chi connectivity index (χ2v) is 5.39.